The Kier molecular flexibility index (Phi) is 3.38. The summed E-state index contributed by atoms with van der Waals surface area (Å²) in [5.74, 6) is 0.433. The van der Waals surface area contributed by atoms with Gasteiger partial charge >= 0.3 is 0 Å². The maximum absolute atomic E-state index is 11.3. The van der Waals surface area contributed by atoms with Gasteiger partial charge in [0.25, 0.3) is 0 Å². The smallest absolute Gasteiger partial charge is 0.160 e. The van der Waals surface area contributed by atoms with Crippen LogP contribution in [0.4, 0.5) is 0 Å². The summed E-state index contributed by atoms with van der Waals surface area (Å²) < 4.78 is 0. The van der Waals surface area contributed by atoms with E-state index in [0.29, 0.717) is 5.82 Å². The number of carbonyl (C=O) groups is 1. The van der Waals surface area contributed by atoms with Crippen molar-refractivity contribution in [3.8, 4) is 11.4 Å². The SMILES string of the molecule is O=CC1c2nc(-c3cccnc3)ncc2CCC1Br. The van der Waals surface area contributed by atoms with Crippen LogP contribution in [0.5, 0.6) is 0 Å². The Balaban J connectivity index is 2.08. The minimum atomic E-state index is -0.192. The molecule has 3 rings (SSSR count). The first kappa shape index (κ1) is 12.4. The Labute approximate surface area is 119 Å². The number of carbonyl (C=O) groups excluding carboxylic acids is 1. The molecule has 0 saturated carbocycles. The number of fused-ring (bicyclic) bond motifs is 1. The van der Waals surface area contributed by atoms with E-state index in [9.17, 15) is 4.79 Å². The van der Waals surface area contributed by atoms with Crippen LogP contribution in [0.1, 0.15) is 23.6 Å². The van der Waals surface area contributed by atoms with Crippen molar-refractivity contribution in [2.24, 2.45) is 0 Å². The van der Waals surface area contributed by atoms with E-state index in [2.05, 4.69) is 30.9 Å². The molecule has 0 bridgehead atoms. The molecule has 1 aliphatic carbocycles. The van der Waals surface area contributed by atoms with Crippen molar-refractivity contribution in [1.82, 2.24) is 15.0 Å². The molecule has 0 amide bonds. The van der Waals surface area contributed by atoms with Crippen LogP contribution >= 0.6 is 15.9 Å². The molecule has 0 saturated heterocycles. The molecule has 5 heteroatoms. The number of pyridine rings is 1. The highest BCUT2D eigenvalue weighted by molar-refractivity contribution is 9.09. The second kappa shape index (κ2) is 5.17. The Morgan fingerprint density at radius 1 is 1.37 bits per heavy atom. The van der Waals surface area contributed by atoms with Gasteiger partial charge < -0.3 is 4.79 Å². The fraction of sp³-hybridized carbons (Fsp3) is 0.286. The van der Waals surface area contributed by atoms with Gasteiger partial charge in [-0.25, -0.2) is 9.97 Å². The summed E-state index contributed by atoms with van der Waals surface area (Å²) in [5, 5.41) is 0. The van der Waals surface area contributed by atoms with Crippen LogP contribution in [0, 0.1) is 0 Å². The Bertz CT molecular complexity index is 603. The molecule has 2 aromatic rings. The second-order valence-corrected chi connectivity index (χ2v) is 5.74. The molecule has 0 spiro atoms. The maximum atomic E-state index is 11.3. The lowest BCUT2D eigenvalue weighted by Gasteiger charge is -2.25. The van der Waals surface area contributed by atoms with Crippen molar-refractivity contribution in [2.45, 2.75) is 23.6 Å². The van der Waals surface area contributed by atoms with E-state index in [1.807, 2.05) is 18.3 Å². The number of aromatic nitrogens is 3. The first-order valence-corrected chi connectivity index (χ1v) is 7.06. The molecule has 2 atom stereocenters. The van der Waals surface area contributed by atoms with Gasteiger partial charge in [-0.2, -0.15) is 0 Å². The van der Waals surface area contributed by atoms with Gasteiger partial charge in [-0.1, -0.05) is 15.9 Å². The van der Waals surface area contributed by atoms with Gasteiger partial charge in [-0.15, -0.1) is 0 Å². The van der Waals surface area contributed by atoms with E-state index in [0.717, 1.165) is 35.9 Å². The highest BCUT2D eigenvalue weighted by Crippen LogP contribution is 2.34. The highest BCUT2D eigenvalue weighted by atomic mass is 79.9. The molecule has 0 aromatic carbocycles. The van der Waals surface area contributed by atoms with Crippen molar-refractivity contribution < 1.29 is 4.79 Å². The third-order valence-corrected chi connectivity index (χ3v) is 4.39. The summed E-state index contributed by atoms with van der Waals surface area (Å²) in [5.41, 5.74) is 2.78. The number of hydrogen-bond donors (Lipinski definition) is 0. The van der Waals surface area contributed by atoms with E-state index in [1.165, 1.54) is 0 Å². The van der Waals surface area contributed by atoms with Gasteiger partial charge in [0.1, 0.15) is 6.29 Å². The quantitative estimate of drug-likeness (QED) is 0.631. The average molecular weight is 318 g/mol. The predicted octanol–water partition coefficient (Wildman–Crippen LogP) is 2.53. The second-order valence-electron chi connectivity index (χ2n) is 4.56. The van der Waals surface area contributed by atoms with Crippen LogP contribution in [0.25, 0.3) is 11.4 Å². The lowest BCUT2D eigenvalue weighted by atomic mass is 9.88. The molecule has 0 aliphatic heterocycles. The molecule has 2 heterocycles. The average Bonchev–Trinajstić information content (AvgIpc) is 2.47. The van der Waals surface area contributed by atoms with E-state index in [-0.39, 0.29) is 10.7 Å². The van der Waals surface area contributed by atoms with Crippen molar-refractivity contribution in [2.75, 3.05) is 0 Å². The van der Waals surface area contributed by atoms with Crippen molar-refractivity contribution in [1.29, 1.82) is 0 Å². The summed E-state index contributed by atoms with van der Waals surface area (Å²) in [7, 11) is 0. The molecule has 2 unspecified atom stereocenters. The predicted molar refractivity (Wildman–Crippen MR) is 75.1 cm³/mol. The van der Waals surface area contributed by atoms with E-state index >= 15 is 0 Å². The molecule has 19 heavy (non-hydrogen) atoms. The zero-order valence-corrected chi connectivity index (χ0v) is 11.7. The Morgan fingerprint density at radius 3 is 3.00 bits per heavy atom. The largest absolute Gasteiger partial charge is 0.303 e. The van der Waals surface area contributed by atoms with Gasteiger partial charge in [0.05, 0.1) is 11.6 Å². The molecular weight excluding hydrogens is 306 g/mol. The number of halogens is 1. The fourth-order valence-corrected chi connectivity index (χ4v) is 2.93. The molecule has 96 valence electrons. The van der Waals surface area contributed by atoms with Crippen molar-refractivity contribution >= 4 is 22.2 Å². The van der Waals surface area contributed by atoms with Crippen LogP contribution < -0.4 is 0 Å². The number of rotatable bonds is 2. The monoisotopic (exact) mass is 317 g/mol. The molecule has 0 radical (unpaired) electrons. The zero-order chi connectivity index (χ0) is 13.2. The van der Waals surface area contributed by atoms with Crippen LogP contribution in [-0.4, -0.2) is 26.1 Å². The molecule has 2 aromatic heterocycles. The standard InChI is InChI=1S/C14H12BrN3O/c15-12-4-3-9-7-17-14(10-2-1-5-16-6-10)18-13(9)11(12)8-19/h1-2,5-8,11-12H,3-4H2. The summed E-state index contributed by atoms with van der Waals surface area (Å²) in [4.78, 5) is 24.5. The van der Waals surface area contributed by atoms with E-state index in [4.69, 9.17) is 0 Å². The number of alkyl halides is 1. The van der Waals surface area contributed by atoms with E-state index < -0.39 is 0 Å². The number of aryl methyl sites for hydroxylation is 1. The molecule has 0 N–H and O–H groups in total. The maximum Gasteiger partial charge on any atom is 0.160 e. The summed E-state index contributed by atoms with van der Waals surface area (Å²) >= 11 is 3.56. The topological polar surface area (TPSA) is 55.7 Å². The third-order valence-electron chi connectivity index (χ3n) is 3.36. The Hall–Kier alpha value is -1.62. The molecule has 0 fully saturated rings. The lowest BCUT2D eigenvalue weighted by molar-refractivity contribution is -0.109. The van der Waals surface area contributed by atoms with Crippen LogP contribution in [0.2, 0.25) is 0 Å². The first-order valence-electron chi connectivity index (χ1n) is 6.15. The number of nitrogens with zero attached hydrogens (tertiary/aromatic N) is 3. The highest BCUT2D eigenvalue weighted by Gasteiger charge is 2.29. The fourth-order valence-electron chi connectivity index (χ4n) is 2.33. The van der Waals surface area contributed by atoms with Crippen LogP contribution in [-0.2, 0) is 11.2 Å². The van der Waals surface area contributed by atoms with Gasteiger partial charge in [0.2, 0.25) is 0 Å². The molecule has 4 nitrogen and oxygen atoms in total. The van der Waals surface area contributed by atoms with E-state index in [1.54, 1.807) is 12.4 Å². The van der Waals surface area contributed by atoms with Crippen molar-refractivity contribution in [3.63, 3.8) is 0 Å². The minimum Gasteiger partial charge on any atom is -0.303 e. The third kappa shape index (κ3) is 2.30. The molecular formula is C14H12BrN3O. The van der Waals surface area contributed by atoms with Gasteiger partial charge in [0, 0.05) is 29.0 Å². The normalized spacial score (nSPS) is 21.7. The van der Waals surface area contributed by atoms with Crippen LogP contribution in [0.15, 0.2) is 30.7 Å². The molecule has 1 aliphatic rings. The first-order chi connectivity index (χ1) is 9.29. The van der Waals surface area contributed by atoms with Crippen molar-refractivity contribution in [3.05, 3.63) is 42.0 Å². The zero-order valence-electron chi connectivity index (χ0n) is 10.2. The van der Waals surface area contributed by atoms with Gasteiger partial charge in [0.15, 0.2) is 5.82 Å². The Morgan fingerprint density at radius 2 is 2.26 bits per heavy atom. The number of hydrogen-bond acceptors (Lipinski definition) is 4. The number of aldehydes is 1. The summed E-state index contributed by atoms with van der Waals surface area (Å²) in [6.07, 6.45) is 8.09. The summed E-state index contributed by atoms with van der Waals surface area (Å²) in [6, 6.07) is 3.77. The van der Waals surface area contributed by atoms with Gasteiger partial charge in [-0.3, -0.25) is 4.98 Å². The minimum absolute atomic E-state index is 0.161. The summed E-state index contributed by atoms with van der Waals surface area (Å²) in [6.45, 7) is 0. The van der Waals surface area contributed by atoms with Crippen LogP contribution in [0.3, 0.4) is 0 Å². The lowest BCUT2D eigenvalue weighted by Crippen LogP contribution is -2.23. The van der Waals surface area contributed by atoms with Gasteiger partial charge in [-0.05, 0) is 30.5 Å².